The quantitative estimate of drug-likeness (QED) is 0.485. The van der Waals surface area contributed by atoms with E-state index in [9.17, 15) is 0 Å². The summed E-state index contributed by atoms with van der Waals surface area (Å²) in [5, 5.41) is 8.35. The SMILES string of the molecule is N#Cc1nc(Cl)nc(Cl)c1Cl. The van der Waals surface area contributed by atoms with Gasteiger partial charge in [-0.2, -0.15) is 5.26 Å². The zero-order valence-electron chi connectivity index (χ0n) is 4.98. The molecule has 0 bridgehead atoms. The van der Waals surface area contributed by atoms with Crippen molar-refractivity contribution in [2.24, 2.45) is 0 Å². The van der Waals surface area contributed by atoms with E-state index in [4.69, 9.17) is 40.1 Å². The average Bonchev–Trinajstić information content (AvgIpc) is 1.96. The molecule has 0 saturated carbocycles. The van der Waals surface area contributed by atoms with Crippen LogP contribution in [0.2, 0.25) is 15.5 Å². The first-order chi connectivity index (χ1) is 5.15. The van der Waals surface area contributed by atoms with Gasteiger partial charge in [-0.15, -0.1) is 0 Å². The first-order valence-corrected chi connectivity index (χ1v) is 3.57. The first kappa shape index (κ1) is 8.54. The third-order valence-electron chi connectivity index (χ3n) is 0.889. The van der Waals surface area contributed by atoms with Crippen molar-refractivity contribution in [3.63, 3.8) is 0 Å². The molecule has 3 nitrogen and oxygen atoms in total. The third kappa shape index (κ3) is 1.72. The normalized spacial score (nSPS) is 9.27. The van der Waals surface area contributed by atoms with Crippen molar-refractivity contribution in [2.45, 2.75) is 0 Å². The van der Waals surface area contributed by atoms with E-state index in [1.165, 1.54) is 0 Å². The molecule has 1 aromatic rings. The van der Waals surface area contributed by atoms with Gasteiger partial charge in [-0.3, -0.25) is 0 Å². The zero-order valence-corrected chi connectivity index (χ0v) is 7.24. The lowest BCUT2D eigenvalue weighted by Gasteiger charge is -1.95. The van der Waals surface area contributed by atoms with Crippen LogP contribution >= 0.6 is 34.8 Å². The van der Waals surface area contributed by atoms with Gasteiger partial charge >= 0.3 is 0 Å². The van der Waals surface area contributed by atoms with Crippen molar-refractivity contribution in [1.82, 2.24) is 9.97 Å². The maximum Gasteiger partial charge on any atom is 0.225 e. The van der Waals surface area contributed by atoms with E-state index in [2.05, 4.69) is 9.97 Å². The molecule has 6 heteroatoms. The molecule has 0 radical (unpaired) electrons. The lowest BCUT2D eigenvalue weighted by Crippen LogP contribution is -1.89. The molecule has 1 heterocycles. The molecule has 0 aliphatic rings. The van der Waals surface area contributed by atoms with E-state index in [1.54, 1.807) is 6.07 Å². The fraction of sp³-hybridized carbons (Fsp3) is 0. The first-order valence-electron chi connectivity index (χ1n) is 2.43. The second kappa shape index (κ2) is 3.22. The highest BCUT2D eigenvalue weighted by molar-refractivity contribution is 6.42. The summed E-state index contributed by atoms with van der Waals surface area (Å²) in [4.78, 5) is 7.05. The summed E-state index contributed by atoms with van der Waals surface area (Å²) in [5.41, 5.74) is -0.0170. The highest BCUT2D eigenvalue weighted by Gasteiger charge is 2.08. The number of rotatable bonds is 0. The molecule has 0 amide bonds. The third-order valence-corrected chi connectivity index (χ3v) is 1.79. The maximum atomic E-state index is 8.43. The molecule has 0 saturated heterocycles. The minimum absolute atomic E-state index is 0.0109. The maximum absolute atomic E-state index is 8.43. The van der Waals surface area contributed by atoms with Crippen molar-refractivity contribution in [1.29, 1.82) is 5.26 Å². The molecule has 1 rings (SSSR count). The summed E-state index contributed by atoms with van der Waals surface area (Å²) in [5.74, 6) is 0. The Labute approximate surface area is 77.5 Å². The Hall–Kier alpha value is -0.560. The molecular formula is C5Cl3N3. The molecule has 11 heavy (non-hydrogen) atoms. The number of nitriles is 1. The van der Waals surface area contributed by atoms with Crippen LogP contribution in [0.15, 0.2) is 0 Å². The summed E-state index contributed by atoms with van der Waals surface area (Å²) in [6.45, 7) is 0. The smallest absolute Gasteiger partial charge is 0.205 e. The Morgan fingerprint density at radius 2 is 1.82 bits per heavy atom. The van der Waals surface area contributed by atoms with Gasteiger partial charge in [0.1, 0.15) is 11.1 Å². The highest BCUT2D eigenvalue weighted by Crippen LogP contribution is 2.23. The Balaban J connectivity index is 3.39. The van der Waals surface area contributed by atoms with Crippen LogP contribution in [0.4, 0.5) is 0 Å². The van der Waals surface area contributed by atoms with Gasteiger partial charge in [-0.05, 0) is 11.6 Å². The van der Waals surface area contributed by atoms with E-state index in [-0.39, 0.29) is 21.2 Å². The number of halogens is 3. The van der Waals surface area contributed by atoms with Crippen LogP contribution in [0.5, 0.6) is 0 Å². The Morgan fingerprint density at radius 1 is 1.18 bits per heavy atom. The van der Waals surface area contributed by atoms with Crippen LogP contribution in [0.25, 0.3) is 0 Å². The Morgan fingerprint density at radius 3 is 2.36 bits per heavy atom. The second-order valence-corrected chi connectivity index (χ2v) is 2.63. The van der Waals surface area contributed by atoms with Crippen LogP contribution < -0.4 is 0 Å². The van der Waals surface area contributed by atoms with Gasteiger partial charge in [0.05, 0.1) is 0 Å². The average molecular weight is 208 g/mol. The van der Waals surface area contributed by atoms with Gasteiger partial charge in [0, 0.05) is 0 Å². The number of hydrogen-bond acceptors (Lipinski definition) is 3. The topological polar surface area (TPSA) is 49.6 Å². The van der Waals surface area contributed by atoms with Gasteiger partial charge in [0.2, 0.25) is 5.28 Å². The molecule has 1 aromatic heterocycles. The Bertz CT molecular complexity index is 330. The van der Waals surface area contributed by atoms with Crippen LogP contribution in [0.1, 0.15) is 5.69 Å². The summed E-state index contributed by atoms with van der Waals surface area (Å²) < 4.78 is 0. The van der Waals surface area contributed by atoms with E-state index in [0.29, 0.717) is 0 Å². The molecule has 0 spiro atoms. The van der Waals surface area contributed by atoms with Gasteiger partial charge < -0.3 is 0 Å². The molecule has 56 valence electrons. The summed E-state index contributed by atoms with van der Waals surface area (Å²) >= 11 is 16.4. The number of aromatic nitrogens is 2. The van der Waals surface area contributed by atoms with Crippen molar-refractivity contribution in [3.05, 3.63) is 21.2 Å². The summed E-state index contributed by atoms with van der Waals surface area (Å²) in [7, 11) is 0. The molecule has 0 atom stereocenters. The van der Waals surface area contributed by atoms with Crippen LogP contribution in [0.3, 0.4) is 0 Å². The van der Waals surface area contributed by atoms with Gasteiger partial charge in [-0.25, -0.2) is 9.97 Å². The molecule has 0 fully saturated rings. The highest BCUT2D eigenvalue weighted by atomic mass is 35.5. The standard InChI is InChI=1S/C5Cl3N3/c6-3-2(1-9)10-5(8)11-4(3)7. The number of hydrogen-bond donors (Lipinski definition) is 0. The minimum Gasteiger partial charge on any atom is -0.205 e. The lowest BCUT2D eigenvalue weighted by atomic mass is 10.4. The van der Waals surface area contributed by atoms with Gasteiger partial charge in [-0.1, -0.05) is 23.2 Å². The molecule has 0 aromatic carbocycles. The summed E-state index contributed by atoms with van der Waals surface area (Å²) in [6.07, 6.45) is 0. The molecule has 0 aliphatic heterocycles. The number of nitrogens with zero attached hydrogens (tertiary/aromatic N) is 3. The predicted octanol–water partition coefficient (Wildman–Crippen LogP) is 2.31. The fourth-order valence-corrected chi connectivity index (χ4v) is 0.977. The van der Waals surface area contributed by atoms with Crippen LogP contribution in [0, 0.1) is 11.3 Å². The van der Waals surface area contributed by atoms with Gasteiger partial charge in [0.25, 0.3) is 0 Å². The monoisotopic (exact) mass is 207 g/mol. The molecule has 0 N–H and O–H groups in total. The zero-order chi connectivity index (χ0) is 8.43. The Kier molecular flexibility index (Phi) is 2.50. The second-order valence-electron chi connectivity index (χ2n) is 1.56. The largest absolute Gasteiger partial charge is 0.225 e. The fourth-order valence-electron chi connectivity index (χ4n) is 0.468. The predicted molar refractivity (Wildman–Crippen MR) is 41.8 cm³/mol. The summed E-state index contributed by atoms with van der Waals surface area (Å²) in [6, 6.07) is 1.72. The molecular weight excluding hydrogens is 208 g/mol. The van der Waals surface area contributed by atoms with Crippen LogP contribution in [-0.4, -0.2) is 9.97 Å². The van der Waals surface area contributed by atoms with E-state index in [1.807, 2.05) is 0 Å². The van der Waals surface area contributed by atoms with Crippen molar-refractivity contribution in [2.75, 3.05) is 0 Å². The van der Waals surface area contributed by atoms with Crippen LogP contribution in [-0.2, 0) is 0 Å². The van der Waals surface area contributed by atoms with Crippen molar-refractivity contribution >= 4 is 34.8 Å². The van der Waals surface area contributed by atoms with E-state index in [0.717, 1.165) is 0 Å². The van der Waals surface area contributed by atoms with E-state index >= 15 is 0 Å². The van der Waals surface area contributed by atoms with E-state index < -0.39 is 0 Å². The minimum atomic E-state index is -0.0871. The van der Waals surface area contributed by atoms with Crippen molar-refractivity contribution in [3.8, 4) is 6.07 Å². The molecule has 0 unspecified atom stereocenters. The lowest BCUT2D eigenvalue weighted by molar-refractivity contribution is 1.14. The molecule has 0 aliphatic carbocycles. The van der Waals surface area contributed by atoms with Gasteiger partial charge in [0.15, 0.2) is 10.8 Å². The van der Waals surface area contributed by atoms with Crippen molar-refractivity contribution < 1.29 is 0 Å².